The van der Waals surface area contributed by atoms with E-state index in [4.69, 9.17) is 5.73 Å². The number of nitrogens with zero attached hydrogens (tertiary/aromatic N) is 1. The van der Waals surface area contributed by atoms with Crippen LogP contribution in [0.15, 0.2) is 30.3 Å². The van der Waals surface area contributed by atoms with Crippen molar-refractivity contribution in [2.45, 2.75) is 51.2 Å². The third-order valence-electron chi connectivity index (χ3n) is 4.21. The lowest BCUT2D eigenvalue weighted by atomic mass is 9.87. The van der Waals surface area contributed by atoms with Gasteiger partial charge in [0.05, 0.1) is 0 Å². The molecule has 0 bridgehead atoms. The van der Waals surface area contributed by atoms with Gasteiger partial charge in [-0.2, -0.15) is 0 Å². The molecule has 1 saturated heterocycles. The van der Waals surface area contributed by atoms with Crippen LogP contribution in [-0.4, -0.2) is 23.0 Å². The Hall–Kier alpha value is -0.860. The molecule has 0 aliphatic carbocycles. The van der Waals surface area contributed by atoms with Crippen LogP contribution in [0.2, 0.25) is 0 Å². The Balaban J connectivity index is 2.20. The number of nitrogens with two attached hydrogens (primary N) is 1. The highest BCUT2D eigenvalue weighted by molar-refractivity contribution is 5.22. The van der Waals surface area contributed by atoms with Crippen molar-refractivity contribution < 1.29 is 0 Å². The van der Waals surface area contributed by atoms with Gasteiger partial charge in [-0.1, -0.05) is 30.3 Å². The molecule has 1 fully saturated rings. The second-order valence-corrected chi connectivity index (χ2v) is 5.73. The Labute approximate surface area is 105 Å². The summed E-state index contributed by atoms with van der Waals surface area (Å²) < 4.78 is 0. The fraction of sp³-hybridized carbons (Fsp3) is 0.600. The zero-order valence-electron chi connectivity index (χ0n) is 11.2. The largest absolute Gasteiger partial charge is 0.322 e. The Bertz CT molecular complexity index is 358. The zero-order chi connectivity index (χ0) is 12.5. The van der Waals surface area contributed by atoms with E-state index >= 15 is 0 Å². The number of likely N-dealkylation sites (tertiary alicyclic amines) is 1. The maximum absolute atomic E-state index is 6.47. The summed E-state index contributed by atoms with van der Waals surface area (Å²) >= 11 is 0. The molecule has 0 spiro atoms. The second-order valence-electron chi connectivity index (χ2n) is 5.73. The third kappa shape index (κ3) is 2.38. The summed E-state index contributed by atoms with van der Waals surface area (Å²) in [5.41, 5.74) is 7.73. The number of benzene rings is 1. The van der Waals surface area contributed by atoms with Crippen molar-refractivity contribution in [3.8, 4) is 0 Å². The molecule has 2 nitrogen and oxygen atoms in total. The number of hydrogen-bond acceptors (Lipinski definition) is 2. The summed E-state index contributed by atoms with van der Waals surface area (Å²) in [7, 11) is 0. The topological polar surface area (TPSA) is 29.3 Å². The van der Waals surface area contributed by atoms with Crippen LogP contribution < -0.4 is 5.73 Å². The summed E-state index contributed by atoms with van der Waals surface area (Å²) in [4.78, 5) is 2.56. The number of rotatable bonds is 3. The summed E-state index contributed by atoms with van der Waals surface area (Å²) in [6.07, 6.45) is 2.59. The van der Waals surface area contributed by atoms with Gasteiger partial charge in [0.25, 0.3) is 0 Å². The van der Waals surface area contributed by atoms with Crippen molar-refractivity contribution in [3.63, 3.8) is 0 Å². The smallest absolute Gasteiger partial charge is 0.0476 e. The van der Waals surface area contributed by atoms with Crippen molar-refractivity contribution in [2.75, 3.05) is 6.54 Å². The molecule has 0 amide bonds. The predicted molar refractivity (Wildman–Crippen MR) is 72.9 cm³/mol. The maximum Gasteiger partial charge on any atom is 0.0476 e. The first kappa shape index (κ1) is 12.6. The van der Waals surface area contributed by atoms with E-state index in [2.05, 4.69) is 49.9 Å². The van der Waals surface area contributed by atoms with Gasteiger partial charge in [-0.15, -0.1) is 0 Å². The summed E-state index contributed by atoms with van der Waals surface area (Å²) in [6.45, 7) is 8.03. The Morgan fingerprint density at radius 3 is 2.47 bits per heavy atom. The van der Waals surface area contributed by atoms with Crippen LogP contribution in [0.4, 0.5) is 0 Å². The van der Waals surface area contributed by atoms with Gasteiger partial charge in [-0.05, 0) is 45.7 Å². The molecule has 1 aromatic rings. The molecule has 94 valence electrons. The fourth-order valence-electron chi connectivity index (χ4n) is 3.04. The predicted octanol–water partition coefficient (Wildman–Crippen LogP) is 2.95. The van der Waals surface area contributed by atoms with Crippen LogP contribution in [0.5, 0.6) is 0 Å². The van der Waals surface area contributed by atoms with Gasteiger partial charge in [0.1, 0.15) is 0 Å². The zero-order valence-corrected chi connectivity index (χ0v) is 11.2. The molecule has 0 aromatic heterocycles. The van der Waals surface area contributed by atoms with Gasteiger partial charge in [0.15, 0.2) is 0 Å². The average Bonchev–Trinajstić information content (AvgIpc) is 2.76. The Morgan fingerprint density at radius 1 is 1.29 bits per heavy atom. The minimum absolute atomic E-state index is 0.0251. The van der Waals surface area contributed by atoms with Gasteiger partial charge >= 0.3 is 0 Å². The van der Waals surface area contributed by atoms with Crippen LogP contribution in [0.1, 0.15) is 45.2 Å². The van der Waals surface area contributed by atoms with Crippen molar-refractivity contribution >= 4 is 0 Å². The molecular weight excluding hydrogens is 208 g/mol. The molecule has 1 aliphatic rings. The van der Waals surface area contributed by atoms with E-state index < -0.39 is 0 Å². The molecule has 1 aromatic carbocycles. The average molecular weight is 232 g/mol. The van der Waals surface area contributed by atoms with Crippen molar-refractivity contribution in [1.29, 1.82) is 0 Å². The van der Waals surface area contributed by atoms with E-state index in [1.807, 2.05) is 6.07 Å². The highest BCUT2D eigenvalue weighted by Gasteiger charge is 2.38. The molecule has 2 atom stereocenters. The summed E-state index contributed by atoms with van der Waals surface area (Å²) in [6, 6.07) is 11.2. The molecule has 0 saturated carbocycles. The van der Waals surface area contributed by atoms with E-state index in [-0.39, 0.29) is 11.6 Å². The Kier molecular flexibility index (Phi) is 3.55. The first-order valence-electron chi connectivity index (χ1n) is 6.60. The van der Waals surface area contributed by atoms with E-state index in [1.165, 1.54) is 24.9 Å². The van der Waals surface area contributed by atoms with E-state index in [0.717, 1.165) is 0 Å². The summed E-state index contributed by atoms with van der Waals surface area (Å²) in [5.74, 6) is 0. The van der Waals surface area contributed by atoms with Gasteiger partial charge in [0, 0.05) is 17.6 Å². The fourth-order valence-corrected chi connectivity index (χ4v) is 3.04. The highest BCUT2D eigenvalue weighted by atomic mass is 15.2. The summed E-state index contributed by atoms with van der Waals surface area (Å²) in [5, 5.41) is 0. The van der Waals surface area contributed by atoms with Gasteiger partial charge in [0.2, 0.25) is 0 Å². The van der Waals surface area contributed by atoms with E-state index in [9.17, 15) is 0 Å². The van der Waals surface area contributed by atoms with Crippen LogP contribution >= 0.6 is 0 Å². The monoisotopic (exact) mass is 232 g/mol. The third-order valence-corrected chi connectivity index (χ3v) is 4.21. The quantitative estimate of drug-likeness (QED) is 0.868. The van der Waals surface area contributed by atoms with Crippen molar-refractivity contribution in [1.82, 2.24) is 4.90 Å². The van der Waals surface area contributed by atoms with Crippen molar-refractivity contribution in [2.24, 2.45) is 5.73 Å². The van der Waals surface area contributed by atoms with Crippen LogP contribution in [0, 0.1) is 0 Å². The lowest BCUT2D eigenvalue weighted by Gasteiger charge is -2.43. The van der Waals surface area contributed by atoms with E-state index in [1.54, 1.807) is 0 Å². The molecule has 1 aliphatic heterocycles. The molecule has 17 heavy (non-hydrogen) atoms. The Morgan fingerprint density at radius 2 is 1.94 bits per heavy atom. The molecule has 2 unspecified atom stereocenters. The van der Waals surface area contributed by atoms with E-state index in [0.29, 0.717) is 6.04 Å². The lowest BCUT2D eigenvalue weighted by molar-refractivity contribution is 0.0876. The highest BCUT2D eigenvalue weighted by Crippen LogP contribution is 2.34. The SMILES string of the molecule is CC1CCCN1C(C)(C)C(N)c1ccccc1. The first-order valence-corrected chi connectivity index (χ1v) is 6.60. The van der Waals surface area contributed by atoms with Crippen LogP contribution in [-0.2, 0) is 0 Å². The van der Waals surface area contributed by atoms with Crippen LogP contribution in [0.3, 0.4) is 0 Å². The lowest BCUT2D eigenvalue weighted by Crippen LogP contribution is -2.52. The molecule has 2 rings (SSSR count). The minimum Gasteiger partial charge on any atom is -0.322 e. The molecule has 1 heterocycles. The van der Waals surface area contributed by atoms with Gasteiger partial charge in [-0.25, -0.2) is 0 Å². The first-order chi connectivity index (χ1) is 8.03. The molecule has 2 heteroatoms. The van der Waals surface area contributed by atoms with Gasteiger partial charge < -0.3 is 5.73 Å². The number of hydrogen-bond donors (Lipinski definition) is 1. The van der Waals surface area contributed by atoms with Crippen molar-refractivity contribution in [3.05, 3.63) is 35.9 Å². The minimum atomic E-state index is 0.0251. The molecular formula is C15H24N2. The van der Waals surface area contributed by atoms with Gasteiger partial charge in [-0.3, -0.25) is 4.90 Å². The standard InChI is InChI=1S/C15H24N2/c1-12-8-7-11-17(12)15(2,3)14(16)13-9-5-4-6-10-13/h4-6,9-10,12,14H,7-8,11,16H2,1-3H3. The second kappa shape index (κ2) is 4.79. The normalized spacial score (nSPS) is 23.9. The maximum atomic E-state index is 6.47. The van der Waals surface area contributed by atoms with Crippen LogP contribution in [0.25, 0.3) is 0 Å². The molecule has 2 N–H and O–H groups in total. The molecule has 0 radical (unpaired) electrons.